The Labute approximate surface area is 137 Å². The lowest BCUT2D eigenvalue weighted by molar-refractivity contribution is 0.0471. The number of phenols is 2. The predicted molar refractivity (Wildman–Crippen MR) is 89.6 cm³/mol. The molecule has 0 aliphatic rings. The molecule has 0 spiro atoms. The first-order valence-electron chi connectivity index (χ1n) is 7.66. The van der Waals surface area contributed by atoms with Gasteiger partial charge in [-0.1, -0.05) is 0 Å². The van der Waals surface area contributed by atoms with E-state index in [-0.39, 0.29) is 17.5 Å². The molecule has 1 amide bonds. The Kier molecular flexibility index (Phi) is 5.88. The summed E-state index contributed by atoms with van der Waals surface area (Å²) in [6, 6.07) is 4.20. The summed E-state index contributed by atoms with van der Waals surface area (Å²) in [5.74, 6) is 0.207. The summed E-state index contributed by atoms with van der Waals surface area (Å²) < 4.78 is 5.25. The van der Waals surface area contributed by atoms with Crippen LogP contribution < -0.4 is 10.6 Å². The molecule has 0 saturated heterocycles. The number of carbonyl (C=O) groups excluding carboxylic acids is 1. The van der Waals surface area contributed by atoms with Gasteiger partial charge in [-0.2, -0.15) is 0 Å². The van der Waals surface area contributed by atoms with Gasteiger partial charge in [0.1, 0.15) is 17.1 Å². The monoisotopic (exact) mass is 324 g/mol. The average molecular weight is 324 g/mol. The second kappa shape index (κ2) is 7.08. The first kappa shape index (κ1) is 19.1. The Morgan fingerprint density at radius 2 is 1.83 bits per heavy atom. The normalized spacial score (nSPS) is 13.5. The standard InChI is InChI=1S/C17H28N2O4/c1-11(13-9-12(20)7-8-14(13)21)18-10-17(5,6)19-15(22)23-16(2,3)4/h7-9,11,18,20-21H,10H2,1-6H3,(H,19,22). The lowest BCUT2D eigenvalue weighted by Gasteiger charge is -2.30. The second-order valence-corrected chi connectivity index (χ2v) is 7.36. The molecule has 1 rings (SSSR count). The minimum Gasteiger partial charge on any atom is -0.508 e. The maximum Gasteiger partial charge on any atom is 0.408 e. The van der Waals surface area contributed by atoms with Crippen molar-refractivity contribution in [1.82, 2.24) is 10.6 Å². The average Bonchev–Trinajstić information content (AvgIpc) is 2.36. The van der Waals surface area contributed by atoms with Gasteiger partial charge in [-0.15, -0.1) is 0 Å². The molecule has 0 fully saturated rings. The van der Waals surface area contributed by atoms with Crippen molar-refractivity contribution in [3.63, 3.8) is 0 Å². The molecule has 0 bridgehead atoms. The van der Waals surface area contributed by atoms with E-state index in [2.05, 4.69) is 10.6 Å². The maximum atomic E-state index is 11.9. The summed E-state index contributed by atoms with van der Waals surface area (Å²) >= 11 is 0. The predicted octanol–water partition coefficient (Wildman–Crippen LogP) is 3.05. The Bertz CT molecular complexity index is 550. The molecule has 130 valence electrons. The highest BCUT2D eigenvalue weighted by Crippen LogP contribution is 2.27. The quantitative estimate of drug-likeness (QED) is 0.625. The van der Waals surface area contributed by atoms with Crippen LogP contribution in [-0.2, 0) is 4.74 Å². The highest BCUT2D eigenvalue weighted by molar-refractivity contribution is 5.68. The van der Waals surface area contributed by atoms with Crippen LogP contribution in [0, 0.1) is 0 Å². The van der Waals surface area contributed by atoms with Crippen LogP contribution in [-0.4, -0.2) is 34.0 Å². The number of rotatable bonds is 5. The smallest absolute Gasteiger partial charge is 0.408 e. The fourth-order valence-corrected chi connectivity index (χ4v) is 2.03. The van der Waals surface area contributed by atoms with Crippen LogP contribution in [0.4, 0.5) is 4.79 Å². The Hall–Kier alpha value is -1.95. The molecule has 23 heavy (non-hydrogen) atoms. The summed E-state index contributed by atoms with van der Waals surface area (Å²) in [7, 11) is 0. The molecule has 0 aliphatic carbocycles. The van der Waals surface area contributed by atoms with Crippen molar-refractivity contribution in [3.8, 4) is 11.5 Å². The number of phenolic OH excluding ortho intramolecular Hbond substituents is 2. The van der Waals surface area contributed by atoms with Gasteiger partial charge in [0.15, 0.2) is 0 Å². The minimum absolute atomic E-state index is 0.0950. The zero-order valence-corrected chi connectivity index (χ0v) is 14.7. The molecule has 4 N–H and O–H groups in total. The number of hydrogen-bond acceptors (Lipinski definition) is 5. The lowest BCUT2D eigenvalue weighted by atomic mass is 10.0. The molecule has 0 saturated carbocycles. The van der Waals surface area contributed by atoms with E-state index >= 15 is 0 Å². The number of aromatic hydroxyl groups is 2. The van der Waals surface area contributed by atoms with Gasteiger partial charge >= 0.3 is 6.09 Å². The van der Waals surface area contributed by atoms with E-state index in [1.54, 1.807) is 0 Å². The number of amides is 1. The topological polar surface area (TPSA) is 90.8 Å². The minimum atomic E-state index is -0.547. The van der Waals surface area contributed by atoms with Gasteiger partial charge in [-0.05, 0) is 59.7 Å². The molecule has 0 aliphatic heterocycles. The van der Waals surface area contributed by atoms with Crippen molar-refractivity contribution in [2.75, 3.05) is 6.54 Å². The van der Waals surface area contributed by atoms with Crippen molar-refractivity contribution < 1.29 is 19.7 Å². The number of alkyl carbamates (subject to hydrolysis) is 1. The van der Waals surface area contributed by atoms with Crippen molar-refractivity contribution in [3.05, 3.63) is 23.8 Å². The fourth-order valence-electron chi connectivity index (χ4n) is 2.03. The van der Waals surface area contributed by atoms with Gasteiger partial charge in [-0.3, -0.25) is 0 Å². The lowest BCUT2D eigenvalue weighted by Crippen LogP contribution is -2.51. The summed E-state index contributed by atoms with van der Waals surface area (Å²) in [5.41, 5.74) is -0.491. The van der Waals surface area contributed by atoms with Crippen LogP contribution in [0.2, 0.25) is 0 Å². The molecule has 1 aromatic carbocycles. The van der Waals surface area contributed by atoms with E-state index in [0.717, 1.165) is 0 Å². The van der Waals surface area contributed by atoms with Crippen LogP contribution in [0.1, 0.15) is 53.1 Å². The summed E-state index contributed by atoms with van der Waals surface area (Å²) in [4.78, 5) is 11.9. The highest BCUT2D eigenvalue weighted by Gasteiger charge is 2.25. The van der Waals surface area contributed by atoms with Crippen molar-refractivity contribution in [2.45, 2.75) is 58.7 Å². The first-order valence-corrected chi connectivity index (χ1v) is 7.66. The Morgan fingerprint density at radius 3 is 2.39 bits per heavy atom. The molecule has 0 heterocycles. The van der Waals surface area contributed by atoms with E-state index in [1.165, 1.54) is 18.2 Å². The van der Waals surface area contributed by atoms with Crippen LogP contribution in [0.5, 0.6) is 11.5 Å². The van der Waals surface area contributed by atoms with Crippen LogP contribution in [0.25, 0.3) is 0 Å². The largest absolute Gasteiger partial charge is 0.508 e. The summed E-state index contributed by atoms with van der Waals surface area (Å²) in [5, 5.41) is 25.4. The number of hydrogen-bond donors (Lipinski definition) is 4. The third-order valence-electron chi connectivity index (χ3n) is 3.17. The van der Waals surface area contributed by atoms with E-state index in [4.69, 9.17) is 4.74 Å². The number of nitrogens with one attached hydrogen (secondary N) is 2. The van der Waals surface area contributed by atoms with E-state index in [1.807, 2.05) is 41.5 Å². The number of ether oxygens (including phenoxy) is 1. The highest BCUT2D eigenvalue weighted by atomic mass is 16.6. The number of benzene rings is 1. The van der Waals surface area contributed by atoms with Gasteiger partial charge in [0.2, 0.25) is 0 Å². The van der Waals surface area contributed by atoms with Crippen LogP contribution in [0.3, 0.4) is 0 Å². The second-order valence-electron chi connectivity index (χ2n) is 7.36. The van der Waals surface area contributed by atoms with Crippen LogP contribution >= 0.6 is 0 Å². The third-order valence-corrected chi connectivity index (χ3v) is 3.17. The third kappa shape index (κ3) is 6.78. The van der Waals surface area contributed by atoms with Gasteiger partial charge < -0.3 is 25.6 Å². The van der Waals surface area contributed by atoms with Gasteiger partial charge in [0.25, 0.3) is 0 Å². The van der Waals surface area contributed by atoms with Gasteiger partial charge in [0.05, 0.1) is 5.54 Å². The fraction of sp³-hybridized carbons (Fsp3) is 0.588. The molecule has 0 radical (unpaired) electrons. The zero-order chi connectivity index (χ0) is 17.8. The van der Waals surface area contributed by atoms with E-state index in [9.17, 15) is 15.0 Å². The summed E-state index contributed by atoms with van der Waals surface area (Å²) in [6.45, 7) is 11.5. The number of carbonyl (C=O) groups is 1. The Balaban J connectivity index is 2.61. The molecule has 6 nitrogen and oxygen atoms in total. The molecular formula is C17H28N2O4. The molecule has 0 aromatic heterocycles. The van der Waals surface area contributed by atoms with Crippen molar-refractivity contribution >= 4 is 6.09 Å². The SMILES string of the molecule is CC(NCC(C)(C)NC(=O)OC(C)(C)C)c1cc(O)ccc1O. The first-order chi connectivity index (χ1) is 10.4. The molecule has 1 atom stereocenters. The Morgan fingerprint density at radius 1 is 1.22 bits per heavy atom. The van der Waals surface area contributed by atoms with E-state index in [0.29, 0.717) is 12.1 Å². The van der Waals surface area contributed by atoms with Crippen molar-refractivity contribution in [1.29, 1.82) is 0 Å². The summed E-state index contributed by atoms with van der Waals surface area (Å²) in [6.07, 6.45) is -0.475. The molecular weight excluding hydrogens is 296 g/mol. The van der Waals surface area contributed by atoms with Crippen LogP contribution in [0.15, 0.2) is 18.2 Å². The zero-order valence-electron chi connectivity index (χ0n) is 14.7. The van der Waals surface area contributed by atoms with Gasteiger partial charge in [-0.25, -0.2) is 4.79 Å². The maximum absolute atomic E-state index is 11.9. The van der Waals surface area contributed by atoms with Crippen molar-refractivity contribution in [2.24, 2.45) is 0 Å². The van der Waals surface area contributed by atoms with E-state index < -0.39 is 17.2 Å². The van der Waals surface area contributed by atoms with Gasteiger partial charge in [0, 0.05) is 18.2 Å². The molecule has 1 unspecified atom stereocenters. The molecule has 1 aromatic rings. The molecule has 6 heteroatoms.